The minimum atomic E-state index is -0.968. The molecule has 0 radical (unpaired) electrons. The second-order valence-electron chi connectivity index (χ2n) is 4.82. The van der Waals surface area contributed by atoms with Gasteiger partial charge >= 0.3 is 0 Å². The molecule has 0 fully saturated rings. The topological polar surface area (TPSA) is 78.4 Å². The van der Waals surface area contributed by atoms with Gasteiger partial charge in [-0.2, -0.15) is 0 Å². The highest BCUT2D eigenvalue weighted by Gasteiger charge is 2.17. The summed E-state index contributed by atoms with van der Waals surface area (Å²) in [5.41, 5.74) is 0.246. The van der Waals surface area contributed by atoms with Gasteiger partial charge in [-0.25, -0.2) is 0 Å². The molecule has 104 valence electrons. The van der Waals surface area contributed by atoms with E-state index in [1.165, 1.54) is 0 Å². The Hall–Kier alpha value is -1.88. The first-order valence-electron chi connectivity index (χ1n) is 6.23. The Bertz CT molecular complexity index is 439. The molecule has 0 aliphatic carbocycles. The summed E-state index contributed by atoms with van der Waals surface area (Å²) in [5, 5.41) is 15.2. The number of nitrogens with one attached hydrogen (secondary N) is 2. The molecular formula is C14H20N2O3. The van der Waals surface area contributed by atoms with Crippen molar-refractivity contribution in [1.29, 1.82) is 0 Å². The summed E-state index contributed by atoms with van der Waals surface area (Å²) in [4.78, 5) is 21.9. The van der Waals surface area contributed by atoms with Crippen molar-refractivity contribution in [2.75, 3.05) is 13.1 Å². The van der Waals surface area contributed by atoms with Crippen LogP contribution in [0.25, 0.3) is 0 Å². The van der Waals surface area contributed by atoms with Crippen LogP contribution >= 0.6 is 0 Å². The molecule has 0 atom stereocenters. The van der Waals surface area contributed by atoms with E-state index in [0.717, 1.165) is 0 Å². The van der Waals surface area contributed by atoms with Crippen LogP contribution < -0.4 is 10.6 Å². The predicted octanol–water partition coefficient (Wildman–Crippen LogP) is 0.780. The summed E-state index contributed by atoms with van der Waals surface area (Å²) in [6.07, 6.45) is 1.31. The van der Waals surface area contributed by atoms with Gasteiger partial charge in [0, 0.05) is 18.7 Å². The van der Waals surface area contributed by atoms with Crippen molar-refractivity contribution in [3.8, 4) is 0 Å². The third-order valence-corrected chi connectivity index (χ3v) is 2.70. The van der Waals surface area contributed by atoms with Crippen LogP contribution in [0.15, 0.2) is 24.3 Å². The van der Waals surface area contributed by atoms with E-state index in [9.17, 15) is 14.7 Å². The number of rotatable bonds is 7. The molecule has 0 bridgehead atoms. The molecule has 5 nitrogen and oxygen atoms in total. The average Bonchev–Trinajstić information content (AvgIpc) is 2.37. The van der Waals surface area contributed by atoms with Crippen molar-refractivity contribution in [1.82, 2.24) is 10.6 Å². The molecule has 1 rings (SSSR count). The molecule has 19 heavy (non-hydrogen) atoms. The Morgan fingerprint density at radius 3 is 2.74 bits per heavy atom. The quantitative estimate of drug-likeness (QED) is 0.503. The van der Waals surface area contributed by atoms with Crippen LogP contribution in [-0.4, -0.2) is 30.5 Å². The highest BCUT2D eigenvalue weighted by Crippen LogP contribution is 2.20. The number of benzene rings is 1. The Labute approximate surface area is 113 Å². The van der Waals surface area contributed by atoms with E-state index in [0.29, 0.717) is 37.0 Å². The number of carbonyl (C=O) groups is 2. The first-order valence-corrected chi connectivity index (χ1v) is 6.23. The third-order valence-electron chi connectivity index (χ3n) is 2.70. The van der Waals surface area contributed by atoms with Gasteiger partial charge in [0.05, 0.1) is 5.60 Å². The molecule has 0 saturated heterocycles. The summed E-state index contributed by atoms with van der Waals surface area (Å²) in [7, 11) is 0. The van der Waals surface area contributed by atoms with Crippen molar-refractivity contribution in [3.05, 3.63) is 35.4 Å². The number of hydrogen-bond donors (Lipinski definition) is 3. The zero-order chi connectivity index (χ0) is 14.3. The Kier molecular flexibility index (Phi) is 5.51. The van der Waals surface area contributed by atoms with Crippen LogP contribution in [0.2, 0.25) is 0 Å². The van der Waals surface area contributed by atoms with Gasteiger partial charge in [-0.1, -0.05) is 12.1 Å². The summed E-state index contributed by atoms with van der Waals surface area (Å²) in [6.45, 7) is 4.38. The molecule has 0 aliphatic rings. The summed E-state index contributed by atoms with van der Waals surface area (Å²) >= 11 is 0. The predicted molar refractivity (Wildman–Crippen MR) is 72.7 cm³/mol. The van der Waals surface area contributed by atoms with Gasteiger partial charge in [-0.05, 0) is 38.0 Å². The fraction of sp³-hybridized carbons (Fsp3) is 0.429. The fourth-order valence-corrected chi connectivity index (χ4v) is 1.59. The smallest absolute Gasteiger partial charge is 0.251 e. The minimum absolute atomic E-state index is 0.183. The fourth-order valence-electron chi connectivity index (χ4n) is 1.59. The second kappa shape index (κ2) is 6.89. The Morgan fingerprint density at radius 1 is 1.37 bits per heavy atom. The molecule has 1 aromatic carbocycles. The molecule has 0 aliphatic heterocycles. The average molecular weight is 264 g/mol. The van der Waals surface area contributed by atoms with Gasteiger partial charge in [0.2, 0.25) is 6.41 Å². The third kappa shape index (κ3) is 5.09. The number of amides is 2. The largest absolute Gasteiger partial charge is 0.386 e. The molecule has 1 aromatic rings. The highest BCUT2D eigenvalue weighted by molar-refractivity contribution is 5.94. The molecular weight excluding hydrogens is 244 g/mol. The monoisotopic (exact) mass is 264 g/mol. The molecule has 5 heteroatoms. The van der Waals surface area contributed by atoms with Gasteiger partial charge in [-0.3, -0.25) is 9.59 Å². The van der Waals surface area contributed by atoms with E-state index in [-0.39, 0.29) is 5.91 Å². The van der Waals surface area contributed by atoms with Gasteiger partial charge in [0.1, 0.15) is 0 Å². The summed E-state index contributed by atoms with van der Waals surface area (Å²) < 4.78 is 0. The van der Waals surface area contributed by atoms with Crippen LogP contribution in [0.1, 0.15) is 36.2 Å². The van der Waals surface area contributed by atoms with E-state index in [1.54, 1.807) is 38.1 Å². The lowest BCUT2D eigenvalue weighted by Crippen LogP contribution is -2.27. The van der Waals surface area contributed by atoms with Gasteiger partial charge < -0.3 is 15.7 Å². The Morgan fingerprint density at radius 2 is 2.11 bits per heavy atom. The maximum absolute atomic E-state index is 11.9. The summed E-state index contributed by atoms with van der Waals surface area (Å²) in [5.74, 6) is -0.183. The standard InChI is InChI=1S/C14H20N2O3/c1-14(2,19)12-6-3-5-11(9-12)13(18)16-8-4-7-15-10-17/h3,5-6,9-10,19H,4,7-8H2,1-2H3,(H,15,17)(H,16,18). The number of aliphatic hydroxyl groups is 1. The molecule has 0 saturated carbocycles. The van der Waals surface area contributed by atoms with Crippen molar-refractivity contribution < 1.29 is 14.7 Å². The van der Waals surface area contributed by atoms with E-state index >= 15 is 0 Å². The van der Waals surface area contributed by atoms with Gasteiger partial charge in [0.25, 0.3) is 5.91 Å². The van der Waals surface area contributed by atoms with Crippen LogP contribution in [0.5, 0.6) is 0 Å². The van der Waals surface area contributed by atoms with E-state index in [4.69, 9.17) is 0 Å². The molecule has 0 unspecified atom stereocenters. The normalized spacial score (nSPS) is 10.9. The zero-order valence-electron chi connectivity index (χ0n) is 11.3. The van der Waals surface area contributed by atoms with Crippen molar-refractivity contribution in [2.24, 2.45) is 0 Å². The van der Waals surface area contributed by atoms with Crippen LogP contribution in [0.4, 0.5) is 0 Å². The molecule has 2 amide bonds. The number of carbonyl (C=O) groups excluding carboxylic acids is 2. The van der Waals surface area contributed by atoms with Crippen molar-refractivity contribution in [2.45, 2.75) is 25.9 Å². The maximum Gasteiger partial charge on any atom is 0.251 e. The lowest BCUT2D eigenvalue weighted by molar-refractivity contribution is -0.109. The lowest BCUT2D eigenvalue weighted by atomic mass is 9.96. The first-order chi connectivity index (χ1) is 8.95. The summed E-state index contributed by atoms with van der Waals surface area (Å²) in [6, 6.07) is 6.91. The SMILES string of the molecule is CC(C)(O)c1cccc(C(=O)NCCCNC=O)c1. The van der Waals surface area contributed by atoms with E-state index < -0.39 is 5.60 Å². The van der Waals surface area contributed by atoms with Crippen LogP contribution in [-0.2, 0) is 10.4 Å². The maximum atomic E-state index is 11.9. The molecule has 0 aromatic heterocycles. The van der Waals surface area contributed by atoms with Gasteiger partial charge in [-0.15, -0.1) is 0 Å². The molecule has 0 heterocycles. The molecule has 3 N–H and O–H groups in total. The molecule has 0 spiro atoms. The van der Waals surface area contributed by atoms with Crippen molar-refractivity contribution in [3.63, 3.8) is 0 Å². The van der Waals surface area contributed by atoms with Crippen LogP contribution in [0, 0.1) is 0 Å². The Balaban J connectivity index is 2.55. The van der Waals surface area contributed by atoms with Gasteiger partial charge in [0.15, 0.2) is 0 Å². The van der Waals surface area contributed by atoms with E-state index in [1.807, 2.05) is 0 Å². The van der Waals surface area contributed by atoms with E-state index in [2.05, 4.69) is 10.6 Å². The second-order valence-corrected chi connectivity index (χ2v) is 4.82. The minimum Gasteiger partial charge on any atom is -0.386 e. The lowest BCUT2D eigenvalue weighted by Gasteiger charge is -2.18. The van der Waals surface area contributed by atoms with Crippen LogP contribution in [0.3, 0.4) is 0 Å². The van der Waals surface area contributed by atoms with Crippen molar-refractivity contribution >= 4 is 12.3 Å². The zero-order valence-corrected chi connectivity index (χ0v) is 11.3. The number of hydrogen-bond acceptors (Lipinski definition) is 3. The first kappa shape index (κ1) is 15.2. The highest BCUT2D eigenvalue weighted by atomic mass is 16.3.